The van der Waals surface area contributed by atoms with Gasteiger partial charge < -0.3 is 14.4 Å². The van der Waals surface area contributed by atoms with Crippen LogP contribution in [0.15, 0.2) is 42.7 Å². The van der Waals surface area contributed by atoms with Crippen molar-refractivity contribution in [1.29, 1.82) is 0 Å². The third-order valence-corrected chi connectivity index (χ3v) is 5.15. The van der Waals surface area contributed by atoms with Gasteiger partial charge in [0.2, 0.25) is 0 Å². The third-order valence-electron chi connectivity index (χ3n) is 5.15. The summed E-state index contributed by atoms with van der Waals surface area (Å²) in [7, 11) is 1.95. The molecule has 2 aliphatic rings. The van der Waals surface area contributed by atoms with Gasteiger partial charge in [0.1, 0.15) is 11.4 Å². The summed E-state index contributed by atoms with van der Waals surface area (Å²) in [5, 5.41) is 11.2. The van der Waals surface area contributed by atoms with Crippen molar-refractivity contribution in [1.82, 2.24) is 14.5 Å². The van der Waals surface area contributed by atoms with E-state index in [1.807, 2.05) is 23.9 Å². The minimum Gasteiger partial charge on any atom is -0.382 e. The highest BCUT2D eigenvalue weighted by Gasteiger charge is 2.48. The highest BCUT2D eigenvalue weighted by Crippen LogP contribution is 2.40. The van der Waals surface area contributed by atoms with Crippen LogP contribution in [0.3, 0.4) is 0 Å². The SMILES string of the molecule is Cn1ccnc1C1(O)CC2COCC(C1)N2Cc1ccccc1. The molecule has 2 aliphatic heterocycles. The highest BCUT2D eigenvalue weighted by atomic mass is 16.5. The highest BCUT2D eigenvalue weighted by molar-refractivity contribution is 5.17. The predicted octanol–water partition coefficient (Wildman–Crippen LogP) is 1.67. The summed E-state index contributed by atoms with van der Waals surface area (Å²) < 4.78 is 7.70. The van der Waals surface area contributed by atoms with Crippen molar-refractivity contribution in [3.63, 3.8) is 0 Å². The zero-order valence-corrected chi connectivity index (χ0v) is 13.4. The van der Waals surface area contributed by atoms with Gasteiger partial charge in [0.05, 0.1) is 13.2 Å². The second kappa shape index (κ2) is 5.74. The molecule has 5 nitrogen and oxygen atoms in total. The fraction of sp³-hybridized carbons (Fsp3) is 0.500. The fourth-order valence-corrected chi connectivity index (χ4v) is 4.09. The maximum atomic E-state index is 11.2. The van der Waals surface area contributed by atoms with E-state index in [1.165, 1.54) is 5.56 Å². The molecule has 0 saturated carbocycles. The van der Waals surface area contributed by atoms with Gasteiger partial charge in [0.15, 0.2) is 0 Å². The topological polar surface area (TPSA) is 50.5 Å². The molecular weight excluding hydrogens is 290 g/mol. The Hall–Kier alpha value is -1.69. The van der Waals surface area contributed by atoms with E-state index in [4.69, 9.17) is 4.74 Å². The Morgan fingerprint density at radius 2 is 1.91 bits per heavy atom. The number of piperidine rings is 1. The predicted molar refractivity (Wildman–Crippen MR) is 86.7 cm³/mol. The summed E-state index contributed by atoms with van der Waals surface area (Å²) in [6, 6.07) is 11.0. The second-order valence-corrected chi connectivity index (χ2v) is 6.80. The number of aromatic nitrogens is 2. The molecule has 2 fully saturated rings. The molecule has 0 amide bonds. The van der Waals surface area contributed by atoms with Crippen molar-refractivity contribution >= 4 is 0 Å². The van der Waals surface area contributed by atoms with Crippen molar-refractivity contribution < 1.29 is 9.84 Å². The van der Waals surface area contributed by atoms with E-state index in [9.17, 15) is 5.11 Å². The molecule has 122 valence electrons. The van der Waals surface area contributed by atoms with E-state index in [1.54, 1.807) is 6.20 Å². The Kier molecular flexibility index (Phi) is 3.71. The molecule has 2 aromatic rings. The molecule has 0 radical (unpaired) electrons. The van der Waals surface area contributed by atoms with Gasteiger partial charge in [-0.2, -0.15) is 0 Å². The van der Waals surface area contributed by atoms with Crippen molar-refractivity contribution in [3.8, 4) is 0 Å². The van der Waals surface area contributed by atoms with Crippen LogP contribution < -0.4 is 0 Å². The van der Waals surface area contributed by atoms with E-state index in [2.05, 4.69) is 34.1 Å². The number of aryl methyl sites for hydroxylation is 1. The van der Waals surface area contributed by atoms with Crippen LogP contribution in [-0.4, -0.2) is 44.9 Å². The number of morpholine rings is 1. The molecule has 1 N–H and O–H groups in total. The van der Waals surface area contributed by atoms with Crippen LogP contribution in [0.1, 0.15) is 24.2 Å². The summed E-state index contributed by atoms with van der Waals surface area (Å²) in [4.78, 5) is 6.90. The van der Waals surface area contributed by atoms with Gasteiger partial charge in [-0.3, -0.25) is 4.90 Å². The zero-order chi connectivity index (χ0) is 15.9. The fourth-order valence-electron chi connectivity index (χ4n) is 4.09. The van der Waals surface area contributed by atoms with Gasteiger partial charge in [-0.1, -0.05) is 30.3 Å². The molecule has 23 heavy (non-hydrogen) atoms. The number of nitrogens with zero attached hydrogens (tertiary/aromatic N) is 3. The van der Waals surface area contributed by atoms with Gasteiger partial charge >= 0.3 is 0 Å². The van der Waals surface area contributed by atoms with E-state index in [0.717, 1.165) is 12.4 Å². The molecule has 1 aromatic heterocycles. The van der Waals surface area contributed by atoms with Crippen LogP contribution >= 0.6 is 0 Å². The molecule has 5 heteroatoms. The number of hydrogen-bond donors (Lipinski definition) is 1. The number of imidazole rings is 1. The van der Waals surface area contributed by atoms with Crippen LogP contribution in [-0.2, 0) is 23.9 Å². The summed E-state index contributed by atoms with van der Waals surface area (Å²) in [5.74, 6) is 0.772. The zero-order valence-electron chi connectivity index (χ0n) is 13.4. The molecule has 2 atom stereocenters. The number of benzene rings is 1. The molecule has 0 aliphatic carbocycles. The first-order chi connectivity index (χ1) is 11.2. The van der Waals surface area contributed by atoms with E-state index in [-0.39, 0.29) is 12.1 Å². The average Bonchev–Trinajstić information content (AvgIpc) is 2.97. The van der Waals surface area contributed by atoms with Gasteiger partial charge in [0, 0.05) is 50.9 Å². The van der Waals surface area contributed by atoms with Crippen LogP contribution in [0.4, 0.5) is 0 Å². The standard InChI is InChI=1S/C18H23N3O2/c1-20-8-7-19-17(20)18(22)9-15-12-23-13-16(10-18)21(15)11-14-5-3-2-4-6-14/h2-8,15-16,22H,9-13H2,1H3. The van der Waals surface area contributed by atoms with Gasteiger partial charge in [-0.15, -0.1) is 0 Å². The minimum atomic E-state index is -0.857. The number of ether oxygens (including phenoxy) is 1. The molecule has 4 rings (SSSR count). The first kappa shape index (κ1) is 14.9. The normalized spacial score (nSPS) is 31.2. The van der Waals surface area contributed by atoms with Crippen molar-refractivity contribution in [2.24, 2.45) is 7.05 Å². The van der Waals surface area contributed by atoms with E-state index in [0.29, 0.717) is 26.1 Å². The lowest BCUT2D eigenvalue weighted by Gasteiger charge is -2.51. The maximum Gasteiger partial charge on any atom is 0.140 e. The molecular formula is C18H23N3O2. The summed E-state index contributed by atoms with van der Waals surface area (Å²) >= 11 is 0. The minimum absolute atomic E-state index is 0.226. The van der Waals surface area contributed by atoms with Crippen molar-refractivity contribution in [2.45, 2.75) is 37.1 Å². The molecule has 3 heterocycles. The van der Waals surface area contributed by atoms with Gasteiger partial charge in [0.25, 0.3) is 0 Å². The largest absolute Gasteiger partial charge is 0.382 e. The molecule has 2 saturated heterocycles. The van der Waals surface area contributed by atoms with Gasteiger partial charge in [-0.05, 0) is 5.56 Å². The Labute approximate surface area is 136 Å². The first-order valence-electron chi connectivity index (χ1n) is 8.23. The van der Waals surface area contributed by atoms with Crippen LogP contribution in [0.25, 0.3) is 0 Å². The molecule has 2 unspecified atom stereocenters. The van der Waals surface area contributed by atoms with E-state index >= 15 is 0 Å². The van der Waals surface area contributed by atoms with Crippen LogP contribution in [0.2, 0.25) is 0 Å². The number of fused-ring (bicyclic) bond motifs is 2. The average molecular weight is 313 g/mol. The van der Waals surface area contributed by atoms with Crippen molar-refractivity contribution in [2.75, 3.05) is 13.2 Å². The smallest absolute Gasteiger partial charge is 0.140 e. The lowest BCUT2D eigenvalue weighted by atomic mass is 9.80. The van der Waals surface area contributed by atoms with Crippen LogP contribution in [0.5, 0.6) is 0 Å². The number of aliphatic hydroxyl groups is 1. The second-order valence-electron chi connectivity index (χ2n) is 6.80. The Balaban J connectivity index is 1.58. The molecule has 1 aromatic carbocycles. The van der Waals surface area contributed by atoms with Crippen LogP contribution in [0, 0.1) is 0 Å². The Morgan fingerprint density at radius 3 is 2.52 bits per heavy atom. The monoisotopic (exact) mass is 313 g/mol. The summed E-state index contributed by atoms with van der Waals surface area (Å²) in [5.41, 5.74) is 0.455. The Bertz CT molecular complexity index is 656. The van der Waals surface area contributed by atoms with Crippen molar-refractivity contribution in [3.05, 3.63) is 54.1 Å². The molecule has 0 spiro atoms. The summed E-state index contributed by atoms with van der Waals surface area (Å²) in [6.07, 6.45) is 4.99. The molecule has 2 bridgehead atoms. The lowest BCUT2D eigenvalue weighted by molar-refractivity contribution is -0.153. The Morgan fingerprint density at radius 1 is 1.22 bits per heavy atom. The number of hydrogen-bond acceptors (Lipinski definition) is 4. The quantitative estimate of drug-likeness (QED) is 0.936. The summed E-state index contributed by atoms with van der Waals surface area (Å²) in [6.45, 7) is 2.27. The first-order valence-corrected chi connectivity index (χ1v) is 8.23. The lowest BCUT2D eigenvalue weighted by Crippen LogP contribution is -2.60. The maximum absolute atomic E-state index is 11.2. The van der Waals surface area contributed by atoms with E-state index < -0.39 is 5.60 Å². The third kappa shape index (κ3) is 2.69. The van der Waals surface area contributed by atoms with Gasteiger partial charge in [-0.25, -0.2) is 4.98 Å². The number of rotatable bonds is 3.